The van der Waals surface area contributed by atoms with E-state index in [9.17, 15) is 28.5 Å². The van der Waals surface area contributed by atoms with Crippen molar-refractivity contribution in [1.29, 1.82) is 0 Å². The highest BCUT2D eigenvalue weighted by Gasteiger charge is 2.29. The monoisotopic (exact) mass is 481 g/mol. The Morgan fingerprint density at radius 3 is 2.56 bits per heavy atom. The molecule has 9 nitrogen and oxygen atoms in total. The van der Waals surface area contributed by atoms with Crippen LogP contribution in [0.4, 0.5) is 5.13 Å². The standard InChI is InChI=1S/C21H27N3O6S2/c1-4-5-6-7-18(26)19(27)16(12-14-8-10-15(25)11-9-14)22-20(28)17-13-31-21(23-17)24(2)32(3,29)30/h1,8-11,13,16,18-19,25-27H,5-7,12H2,2-3H3,(H,22,28). The van der Waals surface area contributed by atoms with Gasteiger partial charge < -0.3 is 20.6 Å². The van der Waals surface area contributed by atoms with Crippen molar-refractivity contribution in [3.8, 4) is 18.1 Å². The third kappa shape index (κ3) is 7.20. The number of aromatic nitrogens is 1. The van der Waals surface area contributed by atoms with E-state index in [2.05, 4.69) is 16.2 Å². The first kappa shape index (κ1) is 25.6. The number of hydrogen-bond donors (Lipinski definition) is 4. The summed E-state index contributed by atoms with van der Waals surface area (Å²) in [7, 11) is -2.20. The summed E-state index contributed by atoms with van der Waals surface area (Å²) in [5, 5.41) is 34.8. The van der Waals surface area contributed by atoms with Crippen LogP contribution in [0.2, 0.25) is 0 Å². The summed E-state index contributed by atoms with van der Waals surface area (Å²) in [6.45, 7) is 0. The minimum Gasteiger partial charge on any atom is -0.508 e. The predicted molar refractivity (Wildman–Crippen MR) is 123 cm³/mol. The highest BCUT2D eigenvalue weighted by atomic mass is 32.2. The van der Waals surface area contributed by atoms with Crippen molar-refractivity contribution in [3.05, 3.63) is 40.9 Å². The van der Waals surface area contributed by atoms with E-state index in [0.29, 0.717) is 12.8 Å². The second-order valence-corrected chi connectivity index (χ2v) is 10.2. The van der Waals surface area contributed by atoms with Gasteiger partial charge in [0.15, 0.2) is 5.13 Å². The molecule has 3 unspecified atom stereocenters. The van der Waals surface area contributed by atoms with E-state index >= 15 is 0 Å². The van der Waals surface area contributed by atoms with Crippen molar-refractivity contribution in [2.24, 2.45) is 0 Å². The molecule has 1 amide bonds. The van der Waals surface area contributed by atoms with Gasteiger partial charge in [0.1, 0.15) is 17.5 Å². The molecular formula is C21H27N3O6S2. The molecule has 0 bridgehead atoms. The van der Waals surface area contributed by atoms with Crippen LogP contribution in [0, 0.1) is 12.3 Å². The van der Waals surface area contributed by atoms with Crippen LogP contribution in [0.25, 0.3) is 0 Å². The maximum atomic E-state index is 12.8. The molecule has 1 heterocycles. The van der Waals surface area contributed by atoms with Crippen LogP contribution >= 0.6 is 11.3 Å². The number of benzene rings is 1. The Morgan fingerprint density at radius 2 is 1.97 bits per heavy atom. The number of rotatable bonds is 11. The fourth-order valence-corrected chi connectivity index (χ4v) is 4.43. The highest BCUT2D eigenvalue weighted by molar-refractivity contribution is 7.92. The molecular weight excluding hydrogens is 454 g/mol. The van der Waals surface area contributed by atoms with Crippen LogP contribution in [0.5, 0.6) is 5.75 Å². The first-order chi connectivity index (χ1) is 15.0. The van der Waals surface area contributed by atoms with Gasteiger partial charge >= 0.3 is 0 Å². The van der Waals surface area contributed by atoms with Crippen LogP contribution in [0.15, 0.2) is 29.6 Å². The molecule has 2 rings (SSSR count). The number of aliphatic hydroxyl groups is 2. The lowest BCUT2D eigenvalue weighted by molar-refractivity contribution is -0.00790. The van der Waals surface area contributed by atoms with E-state index in [1.807, 2.05) is 0 Å². The fraction of sp³-hybridized carbons (Fsp3) is 0.429. The van der Waals surface area contributed by atoms with Crippen molar-refractivity contribution in [1.82, 2.24) is 10.3 Å². The number of nitrogens with zero attached hydrogens (tertiary/aromatic N) is 2. The van der Waals surface area contributed by atoms with Crippen molar-refractivity contribution in [2.45, 2.75) is 43.9 Å². The Hall–Kier alpha value is -2.65. The third-order valence-corrected chi connectivity index (χ3v) is 7.03. The average molecular weight is 482 g/mol. The van der Waals surface area contributed by atoms with E-state index in [0.717, 1.165) is 27.5 Å². The summed E-state index contributed by atoms with van der Waals surface area (Å²) >= 11 is 0.990. The van der Waals surface area contributed by atoms with E-state index in [-0.39, 0.29) is 29.4 Å². The molecule has 11 heteroatoms. The van der Waals surface area contributed by atoms with E-state index < -0.39 is 34.2 Å². The lowest BCUT2D eigenvalue weighted by atomic mass is 9.95. The minimum absolute atomic E-state index is 0.00905. The van der Waals surface area contributed by atoms with E-state index in [1.165, 1.54) is 24.6 Å². The summed E-state index contributed by atoms with van der Waals surface area (Å²) in [6, 6.07) is 5.39. The Bertz CT molecular complexity index is 1050. The second-order valence-electron chi connectivity index (χ2n) is 7.35. The van der Waals surface area contributed by atoms with Crippen molar-refractivity contribution < 1.29 is 28.5 Å². The summed E-state index contributed by atoms with van der Waals surface area (Å²) in [6.07, 6.45) is 5.25. The van der Waals surface area contributed by atoms with Gasteiger partial charge in [0.2, 0.25) is 10.0 Å². The second kappa shape index (κ2) is 11.3. The zero-order chi connectivity index (χ0) is 23.9. The molecule has 1 aromatic carbocycles. The first-order valence-corrected chi connectivity index (χ1v) is 12.5. The molecule has 2 aromatic rings. The number of amides is 1. The molecule has 0 aliphatic heterocycles. The van der Waals surface area contributed by atoms with Crippen LogP contribution in [0.3, 0.4) is 0 Å². The van der Waals surface area contributed by atoms with Gasteiger partial charge in [0, 0.05) is 18.8 Å². The summed E-state index contributed by atoms with van der Waals surface area (Å²) in [5.74, 6) is 1.93. The summed E-state index contributed by atoms with van der Waals surface area (Å²) in [5.41, 5.74) is 0.712. The molecule has 0 aliphatic carbocycles. The molecule has 1 aromatic heterocycles. The SMILES string of the molecule is C#CCCCC(O)C(O)C(Cc1ccc(O)cc1)NC(=O)c1csc(N(C)S(C)(=O)=O)n1. The Morgan fingerprint density at radius 1 is 1.31 bits per heavy atom. The van der Waals surface area contributed by atoms with Gasteiger partial charge in [-0.2, -0.15) is 0 Å². The number of phenols is 1. The number of hydrogen-bond acceptors (Lipinski definition) is 8. The van der Waals surface area contributed by atoms with Crippen LogP contribution in [-0.4, -0.2) is 66.2 Å². The topological polar surface area (TPSA) is 140 Å². The average Bonchev–Trinajstić information content (AvgIpc) is 3.23. The van der Waals surface area contributed by atoms with Crippen molar-refractivity contribution >= 4 is 32.4 Å². The minimum atomic E-state index is -3.53. The van der Waals surface area contributed by atoms with Crippen LogP contribution in [-0.2, 0) is 16.4 Å². The molecule has 4 N–H and O–H groups in total. The maximum Gasteiger partial charge on any atom is 0.271 e. The van der Waals surface area contributed by atoms with Gasteiger partial charge in [-0.25, -0.2) is 17.7 Å². The highest BCUT2D eigenvalue weighted by Crippen LogP contribution is 2.22. The van der Waals surface area contributed by atoms with Gasteiger partial charge in [-0.05, 0) is 37.0 Å². The van der Waals surface area contributed by atoms with Gasteiger partial charge in [-0.1, -0.05) is 12.1 Å². The maximum absolute atomic E-state index is 12.8. The number of carbonyl (C=O) groups excluding carboxylic acids is 1. The molecule has 0 saturated heterocycles. The van der Waals surface area contributed by atoms with Gasteiger partial charge in [0.05, 0.1) is 18.4 Å². The van der Waals surface area contributed by atoms with Gasteiger partial charge in [-0.3, -0.25) is 4.79 Å². The number of anilines is 1. The number of unbranched alkanes of at least 4 members (excludes halogenated alkanes) is 1. The normalized spacial score (nSPS) is 14.2. The Kier molecular flexibility index (Phi) is 9.03. The molecule has 0 aliphatic rings. The smallest absolute Gasteiger partial charge is 0.271 e. The largest absolute Gasteiger partial charge is 0.508 e. The molecule has 0 fully saturated rings. The number of phenolic OH excluding ortho intramolecular Hbond substituents is 1. The summed E-state index contributed by atoms with van der Waals surface area (Å²) in [4.78, 5) is 16.8. The molecule has 3 atom stereocenters. The van der Waals surface area contributed by atoms with Crippen LogP contribution < -0.4 is 9.62 Å². The number of aliphatic hydroxyl groups excluding tert-OH is 2. The lowest BCUT2D eigenvalue weighted by Crippen LogP contribution is -2.49. The molecule has 32 heavy (non-hydrogen) atoms. The zero-order valence-electron chi connectivity index (χ0n) is 17.8. The molecule has 0 saturated carbocycles. The predicted octanol–water partition coefficient (Wildman–Crippen LogP) is 1.11. The number of nitrogens with one attached hydrogen (secondary N) is 1. The summed E-state index contributed by atoms with van der Waals surface area (Å²) < 4.78 is 24.3. The first-order valence-electron chi connectivity index (χ1n) is 9.80. The molecule has 174 valence electrons. The van der Waals surface area contributed by atoms with E-state index in [1.54, 1.807) is 12.1 Å². The molecule has 0 spiro atoms. The quantitative estimate of drug-likeness (QED) is 0.278. The number of aromatic hydroxyl groups is 1. The van der Waals surface area contributed by atoms with Gasteiger partial charge in [-0.15, -0.1) is 23.7 Å². The van der Waals surface area contributed by atoms with Gasteiger partial charge in [0.25, 0.3) is 5.91 Å². The fourth-order valence-electron chi connectivity index (χ4n) is 2.89. The number of terminal acetylenes is 1. The Labute approximate surface area is 191 Å². The number of carbonyl (C=O) groups is 1. The van der Waals surface area contributed by atoms with E-state index in [4.69, 9.17) is 6.42 Å². The van der Waals surface area contributed by atoms with Crippen molar-refractivity contribution in [3.63, 3.8) is 0 Å². The lowest BCUT2D eigenvalue weighted by Gasteiger charge is -2.28. The third-order valence-electron chi connectivity index (χ3n) is 4.83. The zero-order valence-corrected chi connectivity index (χ0v) is 19.4. The number of thiazole rings is 1. The van der Waals surface area contributed by atoms with Crippen LogP contribution in [0.1, 0.15) is 35.3 Å². The Balaban J connectivity index is 2.19. The molecule has 0 radical (unpaired) electrons. The number of sulfonamides is 1. The van der Waals surface area contributed by atoms with Crippen molar-refractivity contribution in [2.75, 3.05) is 17.6 Å².